The van der Waals surface area contributed by atoms with Gasteiger partial charge in [-0.1, -0.05) is 17.7 Å². The molecule has 1 aromatic carbocycles. The third kappa shape index (κ3) is 2.24. The number of piperidine rings is 1. The van der Waals surface area contributed by atoms with E-state index in [0.717, 1.165) is 5.06 Å². The van der Waals surface area contributed by atoms with Crippen molar-refractivity contribution in [3.8, 4) is 0 Å². The quantitative estimate of drug-likeness (QED) is 0.825. The average molecular weight is 341 g/mol. The molecule has 2 N–H and O–H groups in total. The van der Waals surface area contributed by atoms with Crippen molar-refractivity contribution in [2.45, 2.75) is 25.3 Å². The highest BCUT2D eigenvalue weighted by Gasteiger charge is 2.52. The molecular formula is C16H18ClFN2O3. The highest BCUT2D eigenvalue weighted by atomic mass is 35.5. The van der Waals surface area contributed by atoms with Gasteiger partial charge in [0, 0.05) is 25.7 Å². The number of hydroxylamine groups is 2. The molecule has 2 aliphatic rings. The Hall–Kier alpha value is -1.63. The van der Waals surface area contributed by atoms with E-state index in [2.05, 4.69) is 0 Å². The van der Waals surface area contributed by atoms with E-state index in [9.17, 15) is 19.5 Å². The van der Waals surface area contributed by atoms with Gasteiger partial charge in [0.15, 0.2) is 0 Å². The fraction of sp³-hybridized carbons (Fsp3) is 0.438. The number of aryl methyl sites for hydroxylation is 1. The highest BCUT2D eigenvalue weighted by Crippen LogP contribution is 2.46. The SMILES string of the molecule is Cc1ccc(Cl)c(C2=C(O)C3(CCN(O)CC3)N(C)C2=O)c1F. The number of likely N-dealkylation sites (N-methyl/N-ethyl adjacent to an activating group) is 1. The molecule has 1 spiro atoms. The first-order valence-electron chi connectivity index (χ1n) is 7.40. The minimum absolute atomic E-state index is 0.0516. The first kappa shape index (κ1) is 16.2. The van der Waals surface area contributed by atoms with E-state index in [1.807, 2.05) is 0 Å². The lowest BCUT2D eigenvalue weighted by molar-refractivity contribution is -0.141. The van der Waals surface area contributed by atoms with Gasteiger partial charge in [-0.15, -0.1) is 0 Å². The first-order valence-corrected chi connectivity index (χ1v) is 7.78. The summed E-state index contributed by atoms with van der Waals surface area (Å²) >= 11 is 6.11. The van der Waals surface area contributed by atoms with Crippen LogP contribution in [0.3, 0.4) is 0 Å². The lowest BCUT2D eigenvalue weighted by Gasteiger charge is -2.41. The molecule has 0 unspecified atom stereocenters. The molecule has 1 amide bonds. The van der Waals surface area contributed by atoms with Gasteiger partial charge in [0.2, 0.25) is 0 Å². The van der Waals surface area contributed by atoms with Crippen LogP contribution in [0.25, 0.3) is 5.57 Å². The van der Waals surface area contributed by atoms with Crippen LogP contribution in [0.15, 0.2) is 17.9 Å². The third-order valence-electron chi connectivity index (χ3n) is 4.94. The van der Waals surface area contributed by atoms with Gasteiger partial charge in [0.05, 0.1) is 10.6 Å². The molecule has 0 aromatic heterocycles. The minimum atomic E-state index is -0.912. The number of hydrogen-bond donors (Lipinski definition) is 2. The fourth-order valence-corrected chi connectivity index (χ4v) is 3.64. The van der Waals surface area contributed by atoms with Gasteiger partial charge in [-0.3, -0.25) is 4.79 Å². The maximum Gasteiger partial charge on any atom is 0.258 e. The first-order chi connectivity index (χ1) is 10.8. The number of hydrogen-bond acceptors (Lipinski definition) is 4. The lowest BCUT2D eigenvalue weighted by atomic mass is 9.85. The fourth-order valence-electron chi connectivity index (χ4n) is 3.40. The van der Waals surface area contributed by atoms with Crippen molar-refractivity contribution in [3.63, 3.8) is 0 Å². The maximum atomic E-state index is 14.6. The van der Waals surface area contributed by atoms with Crippen molar-refractivity contribution in [1.82, 2.24) is 9.96 Å². The molecular weight excluding hydrogens is 323 g/mol. The molecule has 0 radical (unpaired) electrons. The summed E-state index contributed by atoms with van der Waals surface area (Å²) in [6.07, 6.45) is 0.734. The van der Waals surface area contributed by atoms with E-state index in [0.29, 0.717) is 31.5 Å². The zero-order valence-corrected chi connectivity index (χ0v) is 13.7. The second-order valence-corrected chi connectivity index (χ2v) is 6.53. The summed E-state index contributed by atoms with van der Waals surface area (Å²) in [5.74, 6) is -1.22. The number of rotatable bonds is 1. The second kappa shape index (κ2) is 5.47. The number of benzene rings is 1. The lowest BCUT2D eigenvalue weighted by Crippen LogP contribution is -2.53. The molecule has 1 aromatic rings. The highest BCUT2D eigenvalue weighted by molar-refractivity contribution is 6.35. The van der Waals surface area contributed by atoms with Gasteiger partial charge >= 0.3 is 0 Å². The monoisotopic (exact) mass is 340 g/mol. The van der Waals surface area contributed by atoms with Gasteiger partial charge in [0.25, 0.3) is 5.91 Å². The van der Waals surface area contributed by atoms with E-state index in [-0.39, 0.29) is 21.9 Å². The number of amides is 1. The summed E-state index contributed by atoms with van der Waals surface area (Å²) in [6.45, 7) is 2.22. The van der Waals surface area contributed by atoms with Gasteiger partial charge < -0.3 is 15.2 Å². The van der Waals surface area contributed by atoms with Crippen LogP contribution >= 0.6 is 11.6 Å². The van der Waals surface area contributed by atoms with Gasteiger partial charge in [-0.2, -0.15) is 5.06 Å². The van der Waals surface area contributed by atoms with E-state index in [1.54, 1.807) is 14.0 Å². The summed E-state index contributed by atoms with van der Waals surface area (Å²) in [7, 11) is 1.58. The van der Waals surface area contributed by atoms with Crippen molar-refractivity contribution >= 4 is 23.1 Å². The molecule has 23 heavy (non-hydrogen) atoms. The van der Waals surface area contributed by atoms with Gasteiger partial charge in [0.1, 0.15) is 17.1 Å². The molecule has 0 aliphatic carbocycles. The average Bonchev–Trinajstić information content (AvgIpc) is 2.70. The Kier molecular flexibility index (Phi) is 3.86. The number of aliphatic hydroxyl groups is 1. The molecule has 0 saturated carbocycles. The van der Waals surface area contributed by atoms with E-state index in [1.165, 1.54) is 17.0 Å². The van der Waals surface area contributed by atoms with Gasteiger partial charge in [-0.05, 0) is 31.4 Å². The molecule has 7 heteroatoms. The molecule has 5 nitrogen and oxygen atoms in total. The topological polar surface area (TPSA) is 64.0 Å². The minimum Gasteiger partial charge on any atom is -0.509 e. The molecule has 0 bridgehead atoms. The normalized spacial score (nSPS) is 21.6. The van der Waals surface area contributed by atoms with Crippen LogP contribution in [0.1, 0.15) is 24.0 Å². The van der Waals surface area contributed by atoms with Crippen molar-refractivity contribution in [1.29, 1.82) is 0 Å². The standard InChI is InChI=1S/C16H18ClFN2O3/c1-9-3-4-10(17)11(13(9)18)12-14(21)16(19(2)15(12)22)5-7-20(23)8-6-16/h3-4,21,23H,5-8H2,1-2H3. The predicted octanol–water partition coefficient (Wildman–Crippen LogP) is 2.75. The van der Waals surface area contributed by atoms with Crippen LogP contribution in [-0.2, 0) is 4.79 Å². The number of nitrogens with zero attached hydrogens (tertiary/aromatic N) is 2. The van der Waals surface area contributed by atoms with E-state index < -0.39 is 17.3 Å². The van der Waals surface area contributed by atoms with Crippen LogP contribution < -0.4 is 0 Å². The molecule has 0 atom stereocenters. The number of carbonyl (C=O) groups is 1. The molecule has 1 fully saturated rings. The Labute approximate surface area is 138 Å². The Morgan fingerprint density at radius 3 is 2.52 bits per heavy atom. The smallest absolute Gasteiger partial charge is 0.258 e. The Morgan fingerprint density at radius 1 is 1.30 bits per heavy atom. The van der Waals surface area contributed by atoms with Crippen molar-refractivity contribution < 1.29 is 19.5 Å². The third-order valence-corrected chi connectivity index (χ3v) is 5.25. The molecule has 3 rings (SSSR count). The van der Waals surface area contributed by atoms with Crippen molar-refractivity contribution in [2.24, 2.45) is 0 Å². The van der Waals surface area contributed by atoms with E-state index in [4.69, 9.17) is 11.6 Å². The second-order valence-electron chi connectivity index (χ2n) is 6.13. The summed E-state index contributed by atoms with van der Waals surface area (Å²) in [5.41, 5.74) is -0.689. The zero-order chi connectivity index (χ0) is 16.9. The molecule has 2 aliphatic heterocycles. The largest absolute Gasteiger partial charge is 0.509 e. The molecule has 124 valence electrons. The Balaban J connectivity index is 2.18. The van der Waals surface area contributed by atoms with Crippen molar-refractivity contribution in [2.75, 3.05) is 20.1 Å². The van der Waals surface area contributed by atoms with Crippen LogP contribution in [0.5, 0.6) is 0 Å². The zero-order valence-electron chi connectivity index (χ0n) is 12.9. The number of aliphatic hydroxyl groups excluding tert-OH is 1. The van der Waals surface area contributed by atoms with Crippen LogP contribution in [0.4, 0.5) is 4.39 Å². The van der Waals surface area contributed by atoms with Gasteiger partial charge in [-0.25, -0.2) is 4.39 Å². The number of halogens is 2. The van der Waals surface area contributed by atoms with Crippen LogP contribution in [0.2, 0.25) is 5.02 Å². The summed E-state index contributed by atoms with van der Waals surface area (Å²) in [5, 5.41) is 21.6. The maximum absolute atomic E-state index is 14.6. The van der Waals surface area contributed by atoms with Crippen LogP contribution in [-0.4, -0.2) is 51.9 Å². The summed E-state index contributed by atoms with van der Waals surface area (Å²) < 4.78 is 14.6. The number of carbonyl (C=O) groups excluding carboxylic acids is 1. The summed E-state index contributed by atoms with van der Waals surface area (Å²) in [6, 6.07) is 3.05. The van der Waals surface area contributed by atoms with Crippen LogP contribution in [0, 0.1) is 12.7 Å². The Morgan fingerprint density at radius 2 is 1.91 bits per heavy atom. The molecule has 2 heterocycles. The Bertz CT molecular complexity index is 712. The molecule has 1 saturated heterocycles. The van der Waals surface area contributed by atoms with E-state index >= 15 is 0 Å². The predicted molar refractivity (Wildman–Crippen MR) is 83.8 cm³/mol. The summed E-state index contributed by atoms with van der Waals surface area (Å²) in [4.78, 5) is 14.1. The van der Waals surface area contributed by atoms with Crippen molar-refractivity contribution in [3.05, 3.63) is 39.9 Å².